The highest BCUT2D eigenvalue weighted by atomic mass is 19.1. The van der Waals surface area contributed by atoms with Gasteiger partial charge in [-0.25, -0.2) is 14.0 Å². The molecular formula is C25H26FN5O3. The molecule has 3 amide bonds. The van der Waals surface area contributed by atoms with Gasteiger partial charge >= 0.3 is 12.1 Å². The molecule has 2 fully saturated rings. The number of benzene rings is 2. The standard InChI is InChI=1S/C25H26FN5O3/c1-17-19(3-2-4-22(17)26)15-31-23(32)30(16-25(31)9-11-29(12-10-25)24(33)34)21-7-5-18(6-8-21)20-13-27-28-14-20/h2-8,13-14H,9-12,15-16H2,1H3,(H,27,28)(H,33,34). The van der Waals surface area contributed by atoms with Crippen molar-refractivity contribution in [2.75, 3.05) is 24.5 Å². The van der Waals surface area contributed by atoms with Crippen LogP contribution in [0.1, 0.15) is 24.0 Å². The second kappa shape index (κ2) is 8.48. The predicted molar refractivity (Wildman–Crippen MR) is 125 cm³/mol. The highest BCUT2D eigenvalue weighted by Crippen LogP contribution is 2.40. The minimum absolute atomic E-state index is 0.150. The summed E-state index contributed by atoms with van der Waals surface area (Å²) in [5, 5.41) is 16.2. The van der Waals surface area contributed by atoms with Crippen LogP contribution in [0.2, 0.25) is 0 Å². The number of rotatable bonds is 4. The summed E-state index contributed by atoms with van der Waals surface area (Å²) in [6.45, 7) is 3.16. The molecule has 2 N–H and O–H groups in total. The Morgan fingerprint density at radius 1 is 1.15 bits per heavy atom. The van der Waals surface area contributed by atoms with Gasteiger partial charge in [-0.15, -0.1) is 0 Å². The van der Waals surface area contributed by atoms with E-state index in [4.69, 9.17) is 0 Å². The number of aromatic amines is 1. The lowest BCUT2D eigenvalue weighted by Crippen LogP contribution is -2.55. The molecule has 3 heterocycles. The van der Waals surface area contributed by atoms with E-state index in [1.54, 1.807) is 24.1 Å². The molecule has 8 nitrogen and oxygen atoms in total. The Bertz CT molecular complexity index is 1200. The number of amides is 3. The monoisotopic (exact) mass is 463 g/mol. The largest absolute Gasteiger partial charge is 0.465 e. The number of hydrogen-bond acceptors (Lipinski definition) is 3. The summed E-state index contributed by atoms with van der Waals surface area (Å²) in [5.41, 5.74) is 3.48. The number of urea groups is 1. The SMILES string of the molecule is Cc1c(F)cccc1CN1C(=O)N(c2ccc(-c3cn[nH]c3)cc2)CC12CCN(C(=O)O)CC2. The van der Waals surface area contributed by atoms with E-state index in [-0.39, 0.29) is 18.4 Å². The van der Waals surface area contributed by atoms with Gasteiger partial charge in [0.25, 0.3) is 0 Å². The summed E-state index contributed by atoms with van der Waals surface area (Å²) in [6, 6.07) is 12.5. The molecule has 2 aliphatic heterocycles. The van der Waals surface area contributed by atoms with Crippen molar-refractivity contribution in [1.82, 2.24) is 20.0 Å². The molecule has 0 atom stereocenters. The maximum atomic E-state index is 14.2. The number of carbonyl (C=O) groups is 2. The molecule has 0 radical (unpaired) electrons. The number of H-pyrrole nitrogens is 1. The third-order valence-corrected chi connectivity index (χ3v) is 7.17. The lowest BCUT2D eigenvalue weighted by atomic mass is 9.86. The third-order valence-electron chi connectivity index (χ3n) is 7.17. The number of carbonyl (C=O) groups excluding carboxylic acids is 1. The Labute approximate surface area is 196 Å². The average molecular weight is 464 g/mol. The third kappa shape index (κ3) is 3.76. The number of anilines is 1. The first-order valence-corrected chi connectivity index (χ1v) is 11.3. The first-order chi connectivity index (χ1) is 16.4. The molecule has 176 valence electrons. The molecule has 2 aromatic carbocycles. The molecular weight excluding hydrogens is 437 g/mol. The van der Waals surface area contributed by atoms with Crippen molar-refractivity contribution >= 4 is 17.8 Å². The van der Waals surface area contributed by atoms with E-state index < -0.39 is 11.6 Å². The molecule has 1 spiro atoms. The van der Waals surface area contributed by atoms with Gasteiger partial charge in [0.1, 0.15) is 5.82 Å². The van der Waals surface area contributed by atoms with Crippen LogP contribution in [0.15, 0.2) is 54.9 Å². The van der Waals surface area contributed by atoms with Gasteiger partial charge in [0, 0.05) is 37.1 Å². The van der Waals surface area contributed by atoms with Crippen LogP contribution in [0.25, 0.3) is 11.1 Å². The molecule has 34 heavy (non-hydrogen) atoms. The Balaban J connectivity index is 1.46. The van der Waals surface area contributed by atoms with Crippen LogP contribution in [0, 0.1) is 12.7 Å². The van der Waals surface area contributed by atoms with Crippen LogP contribution < -0.4 is 4.90 Å². The minimum Gasteiger partial charge on any atom is -0.465 e. The van der Waals surface area contributed by atoms with Crippen molar-refractivity contribution in [2.24, 2.45) is 0 Å². The maximum Gasteiger partial charge on any atom is 0.407 e. The van der Waals surface area contributed by atoms with Gasteiger partial charge in [-0.3, -0.25) is 10.00 Å². The molecule has 9 heteroatoms. The van der Waals surface area contributed by atoms with Crippen LogP contribution in [0.3, 0.4) is 0 Å². The molecule has 3 aromatic rings. The number of nitrogens with one attached hydrogen (secondary N) is 1. The first-order valence-electron chi connectivity index (χ1n) is 11.3. The van der Waals surface area contributed by atoms with Gasteiger partial charge in [-0.05, 0) is 54.7 Å². The molecule has 0 aliphatic carbocycles. The van der Waals surface area contributed by atoms with E-state index in [9.17, 15) is 19.1 Å². The highest BCUT2D eigenvalue weighted by molar-refractivity contribution is 5.95. The Morgan fingerprint density at radius 2 is 1.88 bits per heavy atom. The van der Waals surface area contributed by atoms with E-state index in [2.05, 4.69) is 10.2 Å². The number of hydrogen-bond donors (Lipinski definition) is 2. The summed E-state index contributed by atoms with van der Waals surface area (Å²) in [6.07, 6.45) is 3.67. The summed E-state index contributed by atoms with van der Waals surface area (Å²) >= 11 is 0. The fraction of sp³-hybridized carbons (Fsp3) is 0.320. The van der Waals surface area contributed by atoms with E-state index in [1.807, 2.05) is 41.4 Å². The zero-order chi connectivity index (χ0) is 23.9. The Hall–Kier alpha value is -3.88. The van der Waals surface area contributed by atoms with Crippen molar-refractivity contribution in [3.05, 3.63) is 71.8 Å². The van der Waals surface area contributed by atoms with Gasteiger partial charge < -0.3 is 14.9 Å². The van der Waals surface area contributed by atoms with Crippen LogP contribution in [-0.2, 0) is 6.54 Å². The van der Waals surface area contributed by atoms with Crippen LogP contribution in [0.5, 0.6) is 0 Å². The van der Waals surface area contributed by atoms with Gasteiger partial charge in [0.05, 0.1) is 18.3 Å². The van der Waals surface area contributed by atoms with Gasteiger partial charge in [-0.1, -0.05) is 24.3 Å². The van der Waals surface area contributed by atoms with Crippen molar-refractivity contribution in [3.63, 3.8) is 0 Å². The van der Waals surface area contributed by atoms with E-state index in [0.29, 0.717) is 38.0 Å². The fourth-order valence-electron chi connectivity index (χ4n) is 5.01. The summed E-state index contributed by atoms with van der Waals surface area (Å²) in [4.78, 5) is 30.2. The molecule has 0 bridgehead atoms. The van der Waals surface area contributed by atoms with Crippen molar-refractivity contribution in [1.29, 1.82) is 0 Å². The van der Waals surface area contributed by atoms with Crippen molar-refractivity contribution < 1.29 is 19.1 Å². The lowest BCUT2D eigenvalue weighted by molar-refractivity contribution is 0.0686. The van der Waals surface area contributed by atoms with Gasteiger partial charge in [-0.2, -0.15) is 5.10 Å². The normalized spacial score (nSPS) is 17.6. The second-order valence-electron chi connectivity index (χ2n) is 9.01. The molecule has 0 saturated carbocycles. The number of nitrogens with zero attached hydrogens (tertiary/aromatic N) is 4. The summed E-state index contributed by atoms with van der Waals surface area (Å²) in [7, 11) is 0. The van der Waals surface area contributed by atoms with Crippen LogP contribution in [-0.4, -0.2) is 62.4 Å². The molecule has 2 saturated heterocycles. The molecule has 0 unspecified atom stereocenters. The van der Waals surface area contributed by atoms with E-state index in [0.717, 1.165) is 22.4 Å². The topological polar surface area (TPSA) is 92.8 Å². The lowest BCUT2D eigenvalue weighted by Gasteiger charge is -2.43. The minimum atomic E-state index is -0.946. The quantitative estimate of drug-likeness (QED) is 0.597. The molecule has 5 rings (SSSR count). The number of carboxylic acid groups (broad SMARTS) is 1. The molecule has 1 aromatic heterocycles. The summed E-state index contributed by atoms with van der Waals surface area (Å²) in [5.74, 6) is -0.300. The average Bonchev–Trinajstić information content (AvgIpc) is 3.46. The van der Waals surface area contributed by atoms with Crippen molar-refractivity contribution in [2.45, 2.75) is 31.8 Å². The second-order valence-corrected chi connectivity index (χ2v) is 9.01. The number of likely N-dealkylation sites (tertiary alicyclic amines) is 1. The van der Waals surface area contributed by atoms with E-state index in [1.165, 1.54) is 11.0 Å². The van der Waals surface area contributed by atoms with Crippen LogP contribution >= 0.6 is 0 Å². The Morgan fingerprint density at radius 3 is 2.53 bits per heavy atom. The smallest absolute Gasteiger partial charge is 0.407 e. The zero-order valence-corrected chi connectivity index (χ0v) is 18.9. The Kier molecular flexibility index (Phi) is 5.47. The zero-order valence-electron chi connectivity index (χ0n) is 18.9. The number of piperidine rings is 1. The number of halogens is 1. The van der Waals surface area contributed by atoms with Crippen LogP contribution in [0.4, 0.5) is 19.7 Å². The fourth-order valence-corrected chi connectivity index (χ4v) is 5.01. The molecule has 2 aliphatic rings. The van der Waals surface area contributed by atoms with Gasteiger partial charge in [0.2, 0.25) is 0 Å². The summed E-state index contributed by atoms with van der Waals surface area (Å²) < 4.78 is 14.2. The highest BCUT2D eigenvalue weighted by Gasteiger charge is 2.51. The first kappa shape index (κ1) is 21.9. The van der Waals surface area contributed by atoms with Gasteiger partial charge in [0.15, 0.2) is 0 Å². The number of aromatic nitrogens is 2. The maximum absolute atomic E-state index is 14.2. The van der Waals surface area contributed by atoms with E-state index >= 15 is 0 Å². The predicted octanol–water partition coefficient (Wildman–Crippen LogP) is 4.48. The van der Waals surface area contributed by atoms with Crippen molar-refractivity contribution in [3.8, 4) is 11.1 Å².